The first-order valence-corrected chi connectivity index (χ1v) is 9.92. The van der Waals surface area contributed by atoms with Crippen LogP contribution in [0.4, 0.5) is 4.39 Å². The Kier molecular flexibility index (Phi) is 5.49. The summed E-state index contributed by atoms with van der Waals surface area (Å²) in [5, 5.41) is 3.41. The summed E-state index contributed by atoms with van der Waals surface area (Å²) in [6, 6.07) is 15.0. The fourth-order valence-corrected chi connectivity index (χ4v) is 4.07. The van der Waals surface area contributed by atoms with E-state index in [4.69, 9.17) is 11.6 Å². The number of fused-ring (bicyclic) bond motifs is 1. The Morgan fingerprint density at radius 3 is 2.59 bits per heavy atom. The van der Waals surface area contributed by atoms with Gasteiger partial charge in [0.1, 0.15) is 12.4 Å². The third-order valence-electron chi connectivity index (χ3n) is 5.24. The molecule has 4 nitrogen and oxygen atoms in total. The molecule has 0 spiro atoms. The van der Waals surface area contributed by atoms with Gasteiger partial charge in [-0.3, -0.25) is 9.59 Å². The molecule has 0 atom stereocenters. The molecule has 29 heavy (non-hydrogen) atoms. The van der Waals surface area contributed by atoms with E-state index < -0.39 is 0 Å². The first-order chi connectivity index (χ1) is 14.0. The molecule has 6 heteroatoms. The number of carbonyl (C=O) groups excluding carboxylic acids is 1. The van der Waals surface area contributed by atoms with Crippen molar-refractivity contribution < 1.29 is 9.18 Å². The average Bonchev–Trinajstić information content (AvgIpc) is 3.20. The van der Waals surface area contributed by atoms with Crippen molar-refractivity contribution in [1.82, 2.24) is 9.88 Å². The number of aromatic nitrogens is 1. The summed E-state index contributed by atoms with van der Waals surface area (Å²) in [4.78, 5) is 25.3. The lowest BCUT2D eigenvalue weighted by molar-refractivity contribution is -0.121. The first kappa shape index (κ1) is 19.4. The Bertz CT molecular complexity index is 1120. The fraction of sp³-hybridized carbons (Fsp3) is 0.217. The second-order valence-electron chi connectivity index (χ2n) is 7.14. The number of amides is 1. The number of nitrogens with zero attached hydrogens (tertiary/aromatic N) is 1. The molecule has 0 radical (unpaired) electrons. The van der Waals surface area contributed by atoms with Crippen LogP contribution in [0.5, 0.6) is 0 Å². The number of pyridine rings is 1. The monoisotopic (exact) mass is 410 g/mol. The quantitative estimate of drug-likeness (QED) is 0.688. The van der Waals surface area contributed by atoms with Gasteiger partial charge in [0.05, 0.1) is 0 Å². The standard InChI is InChI=1S/C23H20ClFN2O2/c24-20-6-2-1-4-17(20)19-12-23(29)27(21-7-3-5-18(19)21)14-22(28)26-13-15-8-10-16(25)11-9-15/h1-2,4,6,8-12H,3,5,7,13-14H2,(H,26,28). The van der Waals surface area contributed by atoms with Crippen LogP contribution in [0.2, 0.25) is 5.02 Å². The van der Waals surface area contributed by atoms with Crippen LogP contribution in [0, 0.1) is 5.82 Å². The number of carbonyl (C=O) groups is 1. The van der Waals surface area contributed by atoms with Gasteiger partial charge < -0.3 is 9.88 Å². The van der Waals surface area contributed by atoms with Gasteiger partial charge >= 0.3 is 0 Å². The van der Waals surface area contributed by atoms with Gasteiger partial charge in [-0.2, -0.15) is 0 Å². The minimum absolute atomic E-state index is 0.0365. The number of halogens is 2. The Morgan fingerprint density at radius 2 is 1.83 bits per heavy atom. The third kappa shape index (κ3) is 4.10. The molecule has 0 fully saturated rings. The van der Waals surface area contributed by atoms with Crippen molar-refractivity contribution in [1.29, 1.82) is 0 Å². The minimum Gasteiger partial charge on any atom is -0.350 e. The molecule has 2 aromatic carbocycles. The van der Waals surface area contributed by atoms with Crippen molar-refractivity contribution in [2.45, 2.75) is 32.4 Å². The van der Waals surface area contributed by atoms with Gasteiger partial charge in [0.15, 0.2) is 0 Å². The topological polar surface area (TPSA) is 51.1 Å². The first-order valence-electron chi connectivity index (χ1n) is 9.54. The molecule has 1 aliphatic rings. The van der Waals surface area contributed by atoms with E-state index in [9.17, 15) is 14.0 Å². The third-order valence-corrected chi connectivity index (χ3v) is 5.57. The van der Waals surface area contributed by atoms with E-state index in [2.05, 4.69) is 5.32 Å². The molecule has 1 aromatic heterocycles. The highest BCUT2D eigenvalue weighted by molar-refractivity contribution is 6.33. The zero-order valence-electron chi connectivity index (χ0n) is 15.8. The van der Waals surface area contributed by atoms with Crippen molar-refractivity contribution in [2.75, 3.05) is 0 Å². The van der Waals surface area contributed by atoms with Crippen LogP contribution < -0.4 is 10.9 Å². The number of nitrogens with one attached hydrogen (secondary N) is 1. The average molecular weight is 411 g/mol. The van der Waals surface area contributed by atoms with Crippen molar-refractivity contribution in [2.24, 2.45) is 0 Å². The molecule has 1 N–H and O–H groups in total. The van der Waals surface area contributed by atoms with E-state index in [0.717, 1.165) is 47.2 Å². The van der Waals surface area contributed by atoms with Crippen LogP contribution in [-0.4, -0.2) is 10.5 Å². The van der Waals surface area contributed by atoms with E-state index in [1.54, 1.807) is 22.8 Å². The van der Waals surface area contributed by atoms with Crippen LogP contribution in [0.25, 0.3) is 11.1 Å². The van der Waals surface area contributed by atoms with Gasteiger partial charge in [0, 0.05) is 28.9 Å². The largest absolute Gasteiger partial charge is 0.350 e. The Balaban J connectivity index is 1.58. The van der Waals surface area contributed by atoms with E-state index in [-0.39, 0.29) is 30.4 Å². The van der Waals surface area contributed by atoms with Crippen molar-refractivity contribution in [3.8, 4) is 11.1 Å². The predicted molar refractivity (Wildman–Crippen MR) is 111 cm³/mol. The van der Waals surface area contributed by atoms with Crippen LogP contribution in [0.15, 0.2) is 59.4 Å². The summed E-state index contributed by atoms with van der Waals surface area (Å²) >= 11 is 6.35. The highest BCUT2D eigenvalue weighted by Crippen LogP contribution is 2.34. The van der Waals surface area contributed by atoms with Crippen LogP contribution in [0.1, 0.15) is 23.2 Å². The molecular weight excluding hydrogens is 391 g/mol. The van der Waals surface area contributed by atoms with E-state index in [0.29, 0.717) is 5.02 Å². The Hall–Kier alpha value is -2.92. The van der Waals surface area contributed by atoms with E-state index >= 15 is 0 Å². The lowest BCUT2D eigenvalue weighted by atomic mass is 9.99. The zero-order valence-corrected chi connectivity index (χ0v) is 16.5. The Morgan fingerprint density at radius 1 is 1.07 bits per heavy atom. The van der Waals surface area contributed by atoms with Crippen molar-refractivity contribution in [3.63, 3.8) is 0 Å². The maximum Gasteiger partial charge on any atom is 0.251 e. The maximum atomic E-state index is 13.0. The molecule has 1 amide bonds. The summed E-state index contributed by atoms with van der Waals surface area (Å²) in [6.07, 6.45) is 2.55. The second kappa shape index (κ2) is 8.21. The fourth-order valence-electron chi connectivity index (χ4n) is 3.83. The van der Waals surface area contributed by atoms with E-state index in [1.807, 2.05) is 24.3 Å². The molecule has 0 aliphatic heterocycles. The van der Waals surface area contributed by atoms with Crippen molar-refractivity contribution in [3.05, 3.63) is 92.6 Å². The molecule has 0 saturated heterocycles. The Labute approximate surface area is 173 Å². The summed E-state index contributed by atoms with van der Waals surface area (Å²) in [5.74, 6) is -0.572. The predicted octanol–water partition coefficient (Wildman–Crippen LogP) is 4.11. The minimum atomic E-state index is -0.319. The van der Waals surface area contributed by atoms with Crippen molar-refractivity contribution >= 4 is 17.5 Å². The highest BCUT2D eigenvalue weighted by atomic mass is 35.5. The molecule has 0 bridgehead atoms. The molecule has 1 heterocycles. The SMILES string of the molecule is O=C(Cn1c2c(c(-c3ccccc3Cl)cc1=O)CCC2)NCc1ccc(F)cc1. The van der Waals surface area contributed by atoms with Crippen LogP contribution >= 0.6 is 11.6 Å². The molecule has 0 unspecified atom stereocenters. The van der Waals surface area contributed by atoms with Crippen LogP contribution in [-0.2, 0) is 30.7 Å². The van der Waals surface area contributed by atoms with Gasteiger partial charge in [0.2, 0.25) is 5.91 Å². The molecule has 4 rings (SSSR count). The smallest absolute Gasteiger partial charge is 0.251 e. The summed E-state index contributed by atoms with van der Waals surface area (Å²) in [7, 11) is 0. The summed E-state index contributed by atoms with van der Waals surface area (Å²) < 4.78 is 14.5. The summed E-state index contributed by atoms with van der Waals surface area (Å²) in [6.45, 7) is 0.249. The highest BCUT2D eigenvalue weighted by Gasteiger charge is 2.23. The number of hydrogen-bond acceptors (Lipinski definition) is 2. The zero-order chi connectivity index (χ0) is 20.4. The normalized spacial score (nSPS) is 12.6. The molecular formula is C23H20ClFN2O2. The number of hydrogen-bond donors (Lipinski definition) is 1. The maximum absolute atomic E-state index is 13.0. The van der Waals surface area contributed by atoms with Gasteiger partial charge in [-0.1, -0.05) is 41.9 Å². The van der Waals surface area contributed by atoms with Gasteiger partial charge in [-0.05, 0) is 54.2 Å². The molecule has 1 aliphatic carbocycles. The van der Waals surface area contributed by atoms with Gasteiger partial charge in [-0.15, -0.1) is 0 Å². The second-order valence-corrected chi connectivity index (χ2v) is 7.55. The van der Waals surface area contributed by atoms with Crippen LogP contribution in [0.3, 0.4) is 0 Å². The molecule has 148 valence electrons. The molecule has 0 saturated carbocycles. The van der Waals surface area contributed by atoms with Gasteiger partial charge in [-0.25, -0.2) is 4.39 Å². The lowest BCUT2D eigenvalue weighted by Crippen LogP contribution is -2.33. The number of benzene rings is 2. The number of rotatable bonds is 5. The lowest BCUT2D eigenvalue weighted by Gasteiger charge is -2.16. The van der Waals surface area contributed by atoms with E-state index in [1.165, 1.54) is 12.1 Å². The van der Waals surface area contributed by atoms with Gasteiger partial charge in [0.25, 0.3) is 5.56 Å². The summed E-state index contributed by atoms with van der Waals surface area (Å²) in [5.41, 5.74) is 4.28. The molecule has 3 aromatic rings.